The first-order valence-electron chi connectivity index (χ1n) is 14.2. The fourth-order valence-corrected chi connectivity index (χ4v) is 5.21. The van der Waals surface area contributed by atoms with Gasteiger partial charge < -0.3 is 9.84 Å². The molecule has 0 saturated carbocycles. The summed E-state index contributed by atoms with van der Waals surface area (Å²) in [7, 11) is 1.53. The van der Waals surface area contributed by atoms with Crippen molar-refractivity contribution >= 4 is 23.1 Å². The van der Waals surface area contributed by atoms with Gasteiger partial charge in [0.05, 0.1) is 24.3 Å². The predicted octanol–water partition coefficient (Wildman–Crippen LogP) is 8.21. The highest BCUT2D eigenvalue weighted by atomic mass is 16.5. The summed E-state index contributed by atoms with van der Waals surface area (Å²) in [5.74, 6) is -1.22. The molecular weight excluding hydrogens is 510 g/mol. The first kappa shape index (κ1) is 30.1. The van der Waals surface area contributed by atoms with E-state index >= 15 is 0 Å². The molecule has 1 heterocycles. The zero-order chi connectivity index (χ0) is 30.5. The van der Waals surface area contributed by atoms with E-state index in [1.165, 1.54) is 12.0 Å². The van der Waals surface area contributed by atoms with E-state index in [2.05, 4.69) is 62.3 Å². The summed E-state index contributed by atoms with van der Waals surface area (Å²) in [5.41, 5.74) is 4.65. The lowest BCUT2D eigenvalue weighted by atomic mass is 9.84. The third-order valence-electron chi connectivity index (χ3n) is 7.87. The van der Waals surface area contributed by atoms with Gasteiger partial charge in [0.2, 0.25) is 0 Å². The van der Waals surface area contributed by atoms with E-state index in [0.717, 1.165) is 22.3 Å². The Morgan fingerprint density at radius 3 is 1.63 bits per heavy atom. The van der Waals surface area contributed by atoms with Crippen molar-refractivity contribution in [3.8, 4) is 5.75 Å². The topological polar surface area (TPSA) is 66.8 Å². The minimum atomic E-state index is -0.812. The predicted molar refractivity (Wildman–Crippen MR) is 167 cm³/mol. The van der Waals surface area contributed by atoms with Gasteiger partial charge in [0.15, 0.2) is 0 Å². The number of rotatable bonds is 4. The van der Waals surface area contributed by atoms with Crippen LogP contribution in [0.1, 0.15) is 96.2 Å². The van der Waals surface area contributed by atoms with E-state index in [4.69, 9.17) is 4.74 Å². The van der Waals surface area contributed by atoms with Crippen molar-refractivity contribution in [3.05, 3.63) is 100 Å². The van der Waals surface area contributed by atoms with E-state index in [-0.39, 0.29) is 27.6 Å². The molecule has 1 amide bonds. The van der Waals surface area contributed by atoms with Gasteiger partial charge in [0.25, 0.3) is 11.7 Å². The van der Waals surface area contributed by atoms with Gasteiger partial charge in [0, 0.05) is 5.69 Å². The number of hydrogen-bond acceptors (Lipinski definition) is 4. The molecule has 1 N–H and O–H groups in total. The molecule has 216 valence electrons. The van der Waals surface area contributed by atoms with Crippen LogP contribution < -0.4 is 9.64 Å². The Labute approximate surface area is 244 Å². The van der Waals surface area contributed by atoms with Crippen LogP contribution in [0.5, 0.6) is 5.75 Å². The van der Waals surface area contributed by atoms with Crippen molar-refractivity contribution < 1.29 is 19.4 Å². The Bertz CT molecular complexity index is 1490. The molecule has 1 unspecified atom stereocenters. The molecular formula is C36H43NO4. The van der Waals surface area contributed by atoms with Crippen LogP contribution in [0.4, 0.5) is 5.69 Å². The van der Waals surface area contributed by atoms with Crippen LogP contribution in [0.3, 0.4) is 0 Å². The highest BCUT2D eigenvalue weighted by molar-refractivity contribution is 6.51. The third kappa shape index (κ3) is 5.81. The van der Waals surface area contributed by atoms with Crippen molar-refractivity contribution in [2.45, 2.75) is 84.6 Å². The Hall–Kier alpha value is -3.86. The van der Waals surface area contributed by atoms with Gasteiger partial charge >= 0.3 is 0 Å². The number of amides is 1. The number of carbonyl (C=O) groups excluding carboxylic acids is 2. The monoisotopic (exact) mass is 553 g/mol. The fraction of sp³-hybridized carbons (Fsp3) is 0.389. The smallest absolute Gasteiger partial charge is 0.300 e. The maximum Gasteiger partial charge on any atom is 0.300 e. The van der Waals surface area contributed by atoms with Crippen molar-refractivity contribution in [2.24, 2.45) is 0 Å². The van der Waals surface area contributed by atoms with E-state index < -0.39 is 17.7 Å². The molecule has 5 heteroatoms. The molecule has 1 saturated heterocycles. The number of nitrogens with zero attached hydrogens (tertiary/aromatic N) is 1. The highest BCUT2D eigenvalue weighted by Crippen LogP contribution is 2.44. The van der Waals surface area contributed by atoms with Crippen LogP contribution in [-0.2, 0) is 25.8 Å². The number of carbonyl (C=O) groups is 2. The van der Waals surface area contributed by atoms with Crippen LogP contribution in [0.15, 0.2) is 72.3 Å². The summed E-state index contributed by atoms with van der Waals surface area (Å²) in [6, 6.07) is 20.5. The molecule has 0 bridgehead atoms. The van der Waals surface area contributed by atoms with Crippen molar-refractivity contribution in [1.82, 2.24) is 0 Å². The fourth-order valence-electron chi connectivity index (χ4n) is 5.21. The second kappa shape index (κ2) is 10.5. The summed E-state index contributed by atoms with van der Waals surface area (Å²) >= 11 is 0. The molecule has 1 aliphatic rings. The number of ether oxygens (including phenoxy) is 1. The molecule has 4 rings (SSSR count). The van der Waals surface area contributed by atoms with Gasteiger partial charge in [-0.2, -0.15) is 0 Å². The first-order valence-corrected chi connectivity index (χ1v) is 14.2. The van der Waals surface area contributed by atoms with Gasteiger partial charge in [-0.05, 0) is 62.8 Å². The summed E-state index contributed by atoms with van der Waals surface area (Å²) in [6.45, 7) is 19.0. The Balaban J connectivity index is 1.97. The van der Waals surface area contributed by atoms with Crippen LogP contribution >= 0.6 is 0 Å². The van der Waals surface area contributed by atoms with E-state index in [9.17, 15) is 14.7 Å². The van der Waals surface area contributed by atoms with Crippen molar-refractivity contribution in [2.75, 3.05) is 12.0 Å². The lowest BCUT2D eigenvalue weighted by Crippen LogP contribution is -2.29. The molecule has 0 aliphatic carbocycles. The quantitative estimate of drug-likeness (QED) is 0.201. The van der Waals surface area contributed by atoms with Crippen molar-refractivity contribution in [3.63, 3.8) is 0 Å². The molecule has 41 heavy (non-hydrogen) atoms. The third-order valence-corrected chi connectivity index (χ3v) is 7.87. The molecule has 0 spiro atoms. The average molecular weight is 554 g/mol. The average Bonchev–Trinajstić information content (AvgIpc) is 3.16. The van der Waals surface area contributed by atoms with E-state index in [1.54, 1.807) is 6.07 Å². The molecule has 3 aromatic carbocycles. The van der Waals surface area contributed by atoms with Crippen LogP contribution in [0, 0.1) is 0 Å². The van der Waals surface area contributed by atoms with Gasteiger partial charge in [-0.15, -0.1) is 0 Å². The SMILES string of the molecule is COc1ccc(C(C)(C)C)cc1/C(O)=C1\C(=O)C(=O)N(c2ccc(C(C)(C)C)cc2)C1c1ccc(C(C)(C)C)cc1. The van der Waals surface area contributed by atoms with Crippen LogP contribution in [0.2, 0.25) is 0 Å². The number of anilines is 1. The molecule has 0 aromatic heterocycles. The van der Waals surface area contributed by atoms with Gasteiger partial charge in [-0.3, -0.25) is 14.5 Å². The minimum absolute atomic E-state index is 0.0442. The van der Waals surface area contributed by atoms with E-state index in [1.807, 2.05) is 60.7 Å². The maximum atomic E-state index is 13.8. The number of methoxy groups -OCH3 is 1. The number of benzene rings is 3. The molecule has 5 nitrogen and oxygen atoms in total. The number of aliphatic hydroxyl groups excluding tert-OH is 1. The zero-order valence-corrected chi connectivity index (χ0v) is 26.0. The van der Waals surface area contributed by atoms with Gasteiger partial charge in [-0.1, -0.05) is 105 Å². The zero-order valence-electron chi connectivity index (χ0n) is 26.0. The number of ketones is 1. The molecule has 1 atom stereocenters. The minimum Gasteiger partial charge on any atom is -0.507 e. The standard InChI is InChI=1S/C36H43NO4/c1-34(2,3)23-13-11-22(12-14-23)30-29(31(38)27-21-25(36(7,8)9)17-20-28(27)41-10)32(39)33(40)37(30)26-18-15-24(16-19-26)35(4,5)6/h11-21,30,38H,1-10H3/b31-29+. The van der Waals surface area contributed by atoms with Crippen LogP contribution in [0.25, 0.3) is 5.76 Å². The Morgan fingerprint density at radius 2 is 1.17 bits per heavy atom. The summed E-state index contributed by atoms with van der Waals surface area (Å²) in [5, 5.41) is 11.8. The number of aliphatic hydroxyl groups is 1. The second-order valence-electron chi connectivity index (χ2n) is 14.0. The summed E-state index contributed by atoms with van der Waals surface area (Å²) in [4.78, 5) is 29.0. The molecule has 1 fully saturated rings. The summed E-state index contributed by atoms with van der Waals surface area (Å²) in [6.07, 6.45) is 0. The molecule has 0 radical (unpaired) electrons. The summed E-state index contributed by atoms with van der Waals surface area (Å²) < 4.78 is 5.60. The second-order valence-corrected chi connectivity index (χ2v) is 14.0. The lowest BCUT2D eigenvalue weighted by Gasteiger charge is -2.28. The Kier molecular flexibility index (Phi) is 7.72. The highest BCUT2D eigenvalue weighted by Gasteiger charge is 2.47. The van der Waals surface area contributed by atoms with Crippen molar-refractivity contribution in [1.29, 1.82) is 0 Å². The van der Waals surface area contributed by atoms with Gasteiger partial charge in [-0.25, -0.2) is 0 Å². The molecule has 1 aliphatic heterocycles. The number of Topliss-reactive ketones (excluding diaryl/α,β-unsaturated/α-hetero) is 1. The van der Waals surface area contributed by atoms with Crippen LogP contribution in [-0.4, -0.2) is 23.9 Å². The Morgan fingerprint density at radius 1 is 0.707 bits per heavy atom. The largest absolute Gasteiger partial charge is 0.507 e. The molecule has 3 aromatic rings. The number of hydrogen-bond donors (Lipinski definition) is 1. The maximum absolute atomic E-state index is 13.8. The first-order chi connectivity index (χ1) is 18.9. The lowest BCUT2D eigenvalue weighted by molar-refractivity contribution is -0.132. The van der Waals surface area contributed by atoms with Gasteiger partial charge in [0.1, 0.15) is 11.5 Å². The normalized spacial score (nSPS) is 17.7. The van der Waals surface area contributed by atoms with E-state index in [0.29, 0.717) is 17.0 Å².